The highest BCUT2D eigenvalue weighted by atomic mass is 79.9. The topological polar surface area (TPSA) is 109 Å². The van der Waals surface area contributed by atoms with Crippen LogP contribution in [0.2, 0.25) is 5.02 Å². The molecular weight excluding hydrogens is 498 g/mol. The zero-order valence-electron chi connectivity index (χ0n) is 15.0. The number of aromatic nitrogens is 3. The van der Waals surface area contributed by atoms with Crippen LogP contribution in [0.25, 0.3) is 16.9 Å². The zero-order chi connectivity index (χ0) is 21.5. The van der Waals surface area contributed by atoms with E-state index in [1.54, 1.807) is 0 Å². The summed E-state index contributed by atoms with van der Waals surface area (Å²) in [5, 5.41) is 5.89. The molecule has 13 heteroatoms. The van der Waals surface area contributed by atoms with Crippen molar-refractivity contribution in [2.45, 2.75) is 17.7 Å². The van der Waals surface area contributed by atoms with Gasteiger partial charge in [-0.3, -0.25) is 4.57 Å². The lowest BCUT2D eigenvalue weighted by Crippen LogP contribution is -2.12. The molecule has 0 unspecified atom stereocenters. The summed E-state index contributed by atoms with van der Waals surface area (Å²) in [7, 11) is -1.58. The Morgan fingerprint density at radius 1 is 1.24 bits per heavy atom. The molecule has 0 amide bonds. The lowest BCUT2D eigenvalue weighted by molar-refractivity contribution is 0.146. The van der Waals surface area contributed by atoms with Crippen LogP contribution >= 0.6 is 27.5 Å². The van der Waals surface area contributed by atoms with Crippen LogP contribution in [0.5, 0.6) is 11.8 Å². The van der Waals surface area contributed by atoms with Gasteiger partial charge in [0.2, 0.25) is 34.2 Å². The van der Waals surface area contributed by atoms with Gasteiger partial charge in [0.15, 0.2) is 0 Å². The monoisotopic (exact) mass is 510 g/mol. The van der Waals surface area contributed by atoms with E-state index in [1.807, 2.05) is 0 Å². The van der Waals surface area contributed by atoms with Crippen LogP contribution in [0.4, 0.5) is 8.78 Å². The molecule has 156 valence electrons. The van der Waals surface area contributed by atoms with Crippen molar-refractivity contribution >= 4 is 48.5 Å². The number of halogens is 4. The lowest BCUT2D eigenvalue weighted by Gasteiger charge is -2.14. The molecule has 1 aromatic carbocycles. The van der Waals surface area contributed by atoms with Crippen molar-refractivity contribution in [1.29, 1.82) is 0 Å². The number of alkyl halides is 2. The molecule has 0 fully saturated rings. The first-order chi connectivity index (χ1) is 13.6. The predicted molar refractivity (Wildman–Crippen MR) is 106 cm³/mol. The SMILES string of the molecule is COc1nc(-n2cc(S(N)(=O)=O)c3ccc(Cl)c(Br)c32)nc(OC)c1CC(F)F. The molecular formula is C16H14BrClF2N4O4S. The minimum Gasteiger partial charge on any atom is -0.481 e. The molecule has 3 rings (SSSR count). The van der Waals surface area contributed by atoms with E-state index >= 15 is 0 Å². The Morgan fingerprint density at radius 2 is 1.83 bits per heavy atom. The maximum atomic E-state index is 12.9. The Balaban J connectivity index is 2.38. The third-order valence-corrected chi connectivity index (χ3v) is 6.29. The number of nitrogens with zero attached hydrogens (tertiary/aromatic N) is 3. The first-order valence-corrected chi connectivity index (χ1v) is 10.6. The first-order valence-electron chi connectivity index (χ1n) is 7.87. The average Bonchev–Trinajstić information content (AvgIpc) is 3.05. The second-order valence-corrected chi connectivity index (χ2v) is 8.51. The molecule has 2 heterocycles. The standard InChI is InChI=1S/C16H14BrClF2N4O4S/c1-27-14-8(5-11(19)20)15(28-2)23-16(22-14)24-6-10(29(21,25)26)7-3-4-9(18)12(17)13(7)24/h3-4,6,11H,5H2,1-2H3,(H2,21,25,26). The Labute approximate surface area is 177 Å². The summed E-state index contributed by atoms with van der Waals surface area (Å²) in [6, 6.07) is 2.99. The molecule has 0 bridgehead atoms. The summed E-state index contributed by atoms with van der Waals surface area (Å²) in [5.74, 6) is -0.354. The smallest absolute Gasteiger partial charge is 0.243 e. The van der Waals surface area contributed by atoms with Crippen molar-refractivity contribution in [3.63, 3.8) is 0 Å². The number of methoxy groups -OCH3 is 2. The van der Waals surface area contributed by atoms with Crippen LogP contribution in [-0.4, -0.2) is 43.6 Å². The zero-order valence-corrected chi connectivity index (χ0v) is 18.1. The fourth-order valence-electron chi connectivity index (χ4n) is 2.82. The molecule has 0 aliphatic heterocycles. The first kappa shape index (κ1) is 21.7. The number of hydrogen-bond donors (Lipinski definition) is 1. The number of hydrogen-bond acceptors (Lipinski definition) is 6. The number of rotatable bonds is 6. The van der Waals surface area contributed by atoms with Gasteiger partial charge in [0.1, 0.15) is 4.90 Å². The third-order valence-electron chi connectivity index (χ3n) is 4.01. The van der Waals surface area contributed by atoms with Crippen molar-refractivity contribution in [2.75, 3.05) is 14.2 Å². The quantitative estimate of drug-likeness (QED) is 0.544. The Kier molecular flexibility index (Phi) is 5.99. The van der Waals surface area contributed by atoms with E-state index in [2.05, 4.69) is 25.9 Å². The van der Waals surface area contributed by atoms with E-state index < -0.39 is 22.9 Å². The van der Waals surface area contributed by atoms with Crippen LogP contribution in [0.3, 0.4) is 0 Å². The van der Waals surface area contributed by atoms with Gasteiger partial charge in [-0.15, -0.1) is 0 Å². The summed E-state index contributed by atoms with van der Waals surface area (Å²) in [6.07, 6.45) is -2.15. The minimum atomic E-state index is -4.10. The van der Waals surface area contributed by atoms with Crippen molar-refractivity contribution < 1.29 is 26.7 Å². The van der Waals surface area contributed by atoms with Gasteiger partial charge in [-0.2, -0.15) is 9.97 Å². The fourth-order valence-corrected chi connectivity index (χ4v) is 4.23. The maximum absolute atomic E-state index is 12.9. The van der Waals surface area contributed by atoms with Gasteiger partial charge in [0.05, 0.1) is 34.8 Å². The average molecular weight is 512 g/mol. The molecule has 0 saturated heterocycles. The van der Waals surface area contributed by atoms with Gasteiger partial charge in [0, 0.05) is 18.0 Å². The summed E-state index contributed by atoms with van der Waals surface area (Å²) in [6.45, 7) is 0. The van der Waals surface area contributed by atoms with E-state index in [-0.39, 0.29) is 33.6 Å². The molecule has 0 atom stereocenters. The van der Waals surface area contributed by atoms with Crippen LogP contribution in [0.1, 0.15) is 5.56 Å². The molecule has 2 N–H and O–H groups in total. The number of sulfonamides is 1. The van der Waals surface area contributed by atoms with E-state index in [4.69, 9.17) is 26.2 Å². The fraction of sp³-hybridized carbons (Fsp3) is 0.250. The summed E-state index contributed by atoms with van der Waals surface area (Å²) in [5.41, 5.74) is 0.293. The normalized spacial score (nSPS) is 12.0. The van der Waals surface area contributed by atoms with Gasteiger partial charge in [-0.05, 0) is 28.1 Å². The number of nitrogens with two attached hydrogens (primary N) is 1. The van der Waals surface area contributed by atoms with Gasteiger partial charge < -0.3 is 9.47 Å². The van der Waals surface area contributed by atoms with Crippen molar-refractivity contribution in [2.24, 2.45) is 5.14 Å². The molecule has 0 aliphatic carbocycles. The molecule has 0 saturated carbocycles. The highest BCUT2D eigenvalue weighted by molar-refractivity contribution is 9.10. The molecule has 3 aromatic rings. The summed E-state index contributed by atoms with van der Waals surface area (Å²) < 4.78 is 61.9. The number of benzene rings is 1. The summed E-state index contributed by atoms with van der Waals surface area (Å²) >= 11 is 9.48. The molecule has 0 spiro atoms. The van der Waals surface area contributed by atoms with E-state index in [0.717, 1.165) is 0 Å². The minimum absolute atomic E-state index is 0.0195. The molecule has 0 radical (unpaired) electrons. The van der Waals surface area contributed by atoms with E-state index in [1.165, 1.54) is 37.1 Å². The van der Waals surface area contributed by atoms with E-state index in [0.29, 0.717) is 15.0 Å². The highest BCUT2D eigenvalue weighted by Crippen LogP contribution is 2.37. The number of ether oxygens (including phenoxy) is 2. The van der Waals surface area contributed by atoms with E-state index in [9.17, 15) is 17.2 Å². The Hall–Kier alpha value is -2.02. The molecule has 0 aliphatic rings. The molecule has 2 aromatic heterocycles. The van der Waals surface area contributed by atoms with Gasteiger partial charge in [-0.1, -0.05) is 11.6 Å². The van der Waals surface area contributed by atoms with Crippen LogP contribution in [-0.2, 0) is 16.4 Å². The second kappa shape index (κ2) is 8.01. The van der Waals surface area contributed by atoms with Crippen LogP contribution < -0.4 is 14.6 Å². The van der Waals surface area contributed by atoms with Gasteiger partial charge in [0.25, 0.3) is 0 Å². The second-order valence-electron chi connectivity index (χ2n) is 5.78. The van der Waals surface area contributed by atoms with Gasteiger partial charge >= 0.3 is 0 Å². The molecule has 29 heavy (non-hydrogen) atoms. The van der Waals surface area contributed by atoms with Crippen LogP contribution in [0, 0.1) is 0 Å². The number of primary sulfonamides is 1. The number of fused-ring (bicyclic) bond motifs is 1. The highest BCUT2D eigenvalue weighted by Gasteiger charge is 2.25. The Bertz CT molecular complexity index is 1180. The van der Waals surface area contributed by atoms with Crippen molar-refractivity contribution in [3.05, 3.63) is 33.4 Å². The lowest BCUT2D eigenvalue weighted by atomic mass is 10.2. The summed E-state index contributed by atoms with van der Waals surface area (Å²) in [4.78, 5) is 8.12. The largest absolute Gasteiger partial charge is 0.481 e. The maximum Gasteiger partial charge on any atom is 0.243 e. The van der Waals surface area contributed by atoms with Gasteiger partial charge in [-0.25, -0.2) is 22.3 Å². The molecule has 8 nitrogen and oxygen atoms in total. The van der Waals surface area contributed by atoms with Crippen molar-refractivity contribution in [3.8, 4) is 17.7 Å². The third kappa shape index (κ3) is 4.02. The van der Waals surface area contributed by atoms with Crippen LogP contribution in [0.15, 0.2) is 27.7 Å². The van der Waals surface area contributed by atoms with Crippen molar-refractivity contribution in [1.82, 2.24) is 14.5 Å². The predicted octanol–water partition coefficient (Wildman–Crippen LogP) is 3.31. The Morgan fingerprint density at radius 3 is 2.31 bits per heavy atom.